The van der Waals surface area contributed by atoms with E-state index in [0.717, 1.165) is 11.1 Å². The molecule has 5 rings (SSSR count). The number of ketones is 1. The zero-order chi connectivity index (χ0) is 21.5. The lowest BCUT2D eigenvalue weighted by Gasteiger charge is -2.04. The Morgan fingerprint density at radius 2 is 1.90 bits per heavy atom. The van der Waals surface area contributed by atoms with Crippen molar-refractivity contribution < 1.29 is 32.6 Å². The molecule has 0 N–H and O–H groups in total. The number of allylic oxidation sites excluding steroid dienone is 1. The largest absolute Gasteiger partial charge is 0.493 e. The van der Waals surface area contributed by atoms with Crippen LogP contribution in [0.25, 0.3) is 17.0 Å². The third kappa shape index (κ3) is 3.36. The molecular formula is C24H16O7. The van der Waals surface area contributed by atoms with Crippen LogP contribution in [0, 0.1) is 6.92 Å². The van der Waals surface area contributed by atoms with E-state index in [2.05, 4.69) is 0 Å². The maximum Gasteiger partial charge on any atom is 0.379 e. The van der Waals surface area contributed by atoms with Crippen LogP contribution in [0.3, 0.4) is 0 Å². The quantitative estimate of drug-likeness (QED) is 0.257. The summed E-state index contributed by atoms with van der Waals surface area (Å²) in [6, 6.07) is 15.0. The average molecular weight is 416 g/mol. The average Bonchev–Trinajstić information content (AvgIpc) is 3.45. The van der Waals surface area contributed by atoms with Gasteiger partial charge >= 0.3 is 5.97 Å². The number of ether oxygens (including phenoxy) is 3. The van der Waals surface area contributed by atoms with Crippen molar-refractivity contribution in [2.75, 3.05) is 7.11 Å². The molecule has 4 aromatic rings. The Labute approximate surface area is 176 Å². The first-order valence-corrected chi connectivity index (χ1v) is 9.45. The van der Waals surface area contributed by atoms with Crippen LogP contribution in [0.5, 0.6) is 17.2 Å². The van der Waals surface area contributed by atoms with E-state index in [1.165, 1.54) is 25.3 Å². The van der Waals surface area contributed by atoms with E-state index in [0.29, 0.717) is 28.4 Å². The Morgan fingerprint density at radius 1 is 1.03 bits per heavy atom. The maximum atomic E-state index is 12.6. The number of furan rings is 2. The minimum absolute atomic E-state index is 0.0331. The normalized spacial score (nSPS) is 14.0. The molecule has 3 heterocycles. The van der Waals surface area contributed by atoms with E-state index < -0.39 is 5.97 Å². The summed E-state index contributed by atoms with van der Waals surface area (Å²) >= 11 is 0. The van der Waals surface area contributed by atoms with Crippen LogP contribution >= 0.6 is 0 Å². The third-order valence-corrected chi connectivity index (χ3v) is 4.82. The molecule has 0 fully saturated rings. The van der Waals surface area contributed by atoms with Gasteiger partial charge in [0.2, 0.25) is 11.5 Å². The van der Waals surface area contributed by atoms with Crippen LogP contribution in [0.1, 0.15) is 32.4 Å². The van der Waals surface area contributed by atoms with Crippen LogP contribution in [-0.4, -0.2) is 18.9 Å². The Hall–Kier alpha value is -4.26. The lowest BCUT2D eigenvalue weighted by molar-refractivity contribution is 0.0703. The number of rotatable bonds is 4. The van der Waals surface area contributed by atoms with E-state index in [1.807, 2.05) is 6.92 Å². The lowest BCUT2D eigenvalue weighted by Crippen LogP contribution is -2.07. The van der Waals surface area contributed by atoms with Crippen molar-refractivity contribution >= 4 is 28.8 Å². The molecular weight excluding hydrogens is 400 g/mol. The number of Topliss-reactive ketones (excluding diaryl/α,β-unsaturated/α-hetero) is 1. The summed E-state index contributed by atoms with van der Waals surface area (Å²) < 4.78 is 27.4. The number of carbonyl (C=O) groups excluding carboxylic acids is 2. The second-order valence-electron chi connectivity index (χ2n) is 6.92. The molecule has 7 nitrogen and oxygen atoms in total. The second kappa shape index (κ2) is 7.21. The van der Waals surface area contributed by atoms with Crippen LogP contribution < -0.4 is 14.2 Å². The molecule has 0 spiro atoms. The summed E-state index contributed by atoms with van der Waals surface area (Å²) in [5, 5.41) is 0.720. The van der Waals surface area contributed by atoms with Crippen molar-refractivity contribution in [2.45, 2.75) is 6.92 Å². The first-order chi connectivity index (χ1) is 15.0. The molecule has 1 aliphatic heterocycles. The number of methoxy groups -OCH3 is 1. The van der Waals surface area contributed by atoms with Gasteiger partial charge in [-0.15, -0.1) is 0 Å². The van der Waals surface area contributed by atoms with E-state index in [1.54, 1.807) is 42.5 Å². The standard InChI is InChI=1S/C24H16O7/c1-13-6-7-15(28-13)12-20-22(25)17-9-8-16(11-19(17)30-20)29-24(26)21-10-14-4-3-5-18(27-2)23(14)31-21/h3-12H,1-2H3/b20-12-. The van der Waals surface area contributed by atoms with Gasteiger partial charge in [0.05, 0.1) is 12.7 Å². The molecule has 0 amide bonds. The molecule has 1 aliphatic rings. The fraction of sp³-hybridized carbons (Fsp3) is 0.0833. The number of carbonyl (C=O) groups is 2. The highest BCUT2D eigenvalue weighted by Crippen LogP contribution is 2.35. The summed E-state index contributed by atoms with van der Waals surface area (Å²) in [5.41, 5.74) is 0.838. The molecule has 0 saturated carbocycles. The van der Waals surface area contributed by atoms with Gasteiger partial charge in [0, 0.05) is 17.5 Å². The number of aryl methyl sites for hydroxylation is 1. The van der Waals surface area contributed by atoms with Gasteiger partial charge in [-0.3, -0.25) is 4.79 Å². The number of para-hydroxylation sites is 1. The van der Waals surface area contributed by atoms with Gasteiger partial charge in [0.15, 0.2) is 17.1 Å². The third-order valence-electron chi connectivity index (χ3n) is 4.82. The summed E-state index contributed by atoms with van der Waals surface area (Å²) in [6.07, 6.45) is 1.53. The Bertz CT molecular complexity index is 1370. The first-order valence-electron chi connectivity index (χ1n) is 9.45. The predicted octanol–water partition coefficient (Wildman–Crippen LogP) is 5.18. The van der Waals surface area contributed by atoms with Gasteiger partial charge in [-0.05, 0) is 43.3 Å². The number of fused-ring (bicyclic) bond motifs is 2. The zero-order valence-electron chi connectivity index (χ0n) is 16.6. The SMILES string of the molecule is COc1cccc2cc(C(=O)Oc3ccc4c(c3)O/C(=C\c3ccc(C)o3)C4=O)oc12. The number of hydrogen-bond acceptors (Lipinski definition) is 7. The van der Waals surface area contributed by atoms with Gasteiger partial charge in [0.25, 0.3) is 0 Å². The van der Waals surface area contributed by atoms with E-state index in [9.17, 15) is 9.59 Å². The number of benzene rings is 2. The minimum Gasteiger partial charge on any atom is -0.493 e. The Morgan fingerprint density at radius 3 is 2.68 bits per heavy atom. The van der Waals surface area contributed by atoms with Crippen molar-refractivity contribution in [2.24, 2.45) is 0 Å². The molecule has 2 aromatic carbocycles. The van der Waals surface area contributed by atoms with Crippen LogP contribution in [0.15, 0.2) is 69.2 Å². The van der Waals surface area contributed by atoms with Gasteiger partial charge in [0.1, 0.15) is 23.0 Å². The smallest absolute Gasteiger partial charge is 0.379 e. The zero-order valence-corrected chi connectivity index (χ0v) is 16.6. The maximum absolute atomic E-state index is 12.6. The van der Waals surface area contributed by atoms with Crippen molar-refractivity contribution in [1.82, 2.24) is 0 Å². The summed E-state index contributed by atoms with van der Waals surface area (Å²) in [7, 11) is 1.52. The van der Waals surface area contributed by atoms with Crippen LogP contribution in [-0.2, 0) is 0 Å². The molecule has 0 bridgehead atoms. The van der Waals surface area contributed by atoms with Gasteiger partial charge < -0.3 is 23.0 Å². The van der Waals surface area contributed by atoms with Crippen molar-refractivity contribution in [3.05, 3.63) is 83.2 Å². The van der Waals surface area contributed by atoms with E-state index in [-0.39, 0.29) is 23.1 Å². The summed E-state index contributed by atoms with van der Waals surface area (Å²) in [4.78, 5) is 25.1. The van der Waals surface area contributed by atoms with Crippen molar-refractivity contribution in [3.8, 4) is 17.2 Å². The van der Waals surface area contributed by atoms with E-state index >= 15 is 0 Å². The summed E-state index contributed by atoms with van der Waals surface area (Å²) in [6.45, 7) is 1.81. The van der Waals surface area contributed by atoms with Gasteiger partial charge in [-0.2, -0.15) is 0 Å². The molecule has 2 aromatic heterocycles. The molecule has 0 atom stereocenters. The highest BCUT2D eigenvalue weighted by atomic mass is 16.6. The molecule has 0 unspecified atom stereocenters. The molecule has 0 radical (unpaired) electrons. The fourth-order valence-corrected chi connectivity index (χ4v) is 3.35. The van der Waals surface area contributed by atoms with Gasteiger partial charge in [-0.25, -0.2) is 4.79 Å². The Kier molecular flexibility index (Phi) is 4.36. The highest BCUT2D eigenvalue weighted by Gasteiger charge is 2.28. The van der Waals surface area contributed by atoms with Crippen LogP contribution in [0.4, 0.5) is 0 Å². The summed E-state index contributed by atoms with van der Waals surface area (Å²) in [5.74, 6) is 1.51. The molecule has 7 heteroatoms. The number of hydrogen-bond donors (Lipinski definition) is 0. The van der Waals surface area contributed by atoms with Crippen LogP contribution in [0.2, 0.25) is 0 Å². The number of esters is 1. The Balaban J connectivity index is 1.38. The molecule has 154 valence electrons. The highest BCUT2D eigenvalue weighted by molar-refractivity contribution is 6.14. The van der Waals surface area contributed by atoms with E-state index in [4.69, 9.17) is 23.0 Å². The predicted molar refractivity (Wildman–Crippen MR) is 111 cm³/mol. The van der Waals surface area contributed by atoms with Crippen molar-refractivity contribution in [3.63, 3.8) is 0 Å². The topological polar surface area (TPSA) is 88.1 Å². The fourth-order valence-electron chi connectivity index (χ4n) is 3.35. The minimum atomic E-state index is -0.677. The first kappa shape index (κ1) is 18.7. The van der Waals surface area contributed by atoms with Crippen molar-refractivity contribution in [1.29, 1.82) is 0 Å². The monoisotopic (exact) mass is 416 g/mol. The molecule has 0 aliphatic carbocycles. The molecule has 0 saturated heterocycles. The lowest BCUT2D eigenvalue weighted by atomic mass is 10.1. The van der Waals surface area contributed by atoms with Gasteiger partial charge in [-0.1, -0.05) is 12.1 Å². The molecule has 31 heavy (non-hydrogen) atoms. The second-order valence-corrected chi connectivity index (χ2v) is 6.92.